The normalized spacial score (nSPS) is 10.4. The monoisotopic (exact) mass is 252 g/mol. The summed E-state index contributed by atoms with van der Waals surface area (Å²) in [6, 6.07) is 6.20. The SMILES string of the molecule is CSc1cccc2sc(CSC#N)nc12. The number of thiazole rings is 1. The van der Waals surface area contributed by atoms with Crippen LogP contribution in [0.1, 0.15) is 5.01 Å². The van der Waals surface area contributed by atoms with Gasteiger partial charge in [0.05, 0.1) is 16.0 Å². The lowest BCUT2D eigenvalue weighted by atomic mass is 10.3. The molecule has 0 bridgehead atoms. The van der Waals surface area contributed by atoms with Crippen LogP contribution in [0.3, 0.4) is 0 Å². The Morgan fingerprint density at radius 1 is 1.53 bits per heavy atom. The molecule has 0 amide bonds. The Morgan fingerprint density at radius 3 is 3.13 bits per heavy atom. The molecule has 0 N–H and O–H groups in total. The van der Waals surface area contributed by atoms with Gasteiger partial charge in [-0.2, -0.15) is 5.26 Å². The van der Waals surface area contributed by atoms with E-state index in [0.29, 0.717) is 5.75 Å². The number of thioether (sulfide) groups is 2. The fourth-order valence-electron chi connectivity index (χ4n) is 1.29. The minimum atomic E-state index is 0.684. The van der Waals surface area contributed by atoms with E-state index in [-0.39, 0.29) is 0 Å². The van der Waals surface area contributed by atoms with Gasteiger partial charge >= 0.3 is 0 Å². The van der Waals surface area contributed by atoms with Crippen LogP contribution in [0.15, 0.2) is 23.1 Å². The van der Waals surface area contributed by atoms with Crippen molar-refractivity contribution in [2.24, 2.45) is 0 Å². The molecule has 0 spiro atoms. The number of thiocyanates is 1. The number of rotatable bonds is 3. The zero-order valence-corrected chi connectivity index (χ0v) is 10.5. The molecule has 0 aliphatic rings. The van der Waals surface area contributed by atoms with Gasteiger partial charge in [-0.1, -0.05) is 6.07 Å². The largest absolute Gasteiger partial charge is 0.239 e. The van der Waals surface area contributed by atoms with Gasteiger partial charge in [0.1, 0.15) is 10.4 Å². The van der Waals surface area contributed by atoms with E-state index in [2.05, 4.69) is 28.8 Å². The molecule has 1 aromatic heterocycles. The quantitative estimate of drug-likeness (QED) is 0.616. The number of para-hydroxylation sites is 1. The zero-order chi connectivity index (χ0) is 10.7. The average molecular weight is 252 g/mol. The van der Waals surface area contributed by atoms with Gasteiger partial charge in [0.15, 0.2) is 0 Å². The molecule has 0 saturated carbocycles. The van der Waals surface area contributed by atoms with E-state index in [1.165, 1.54) is 21.4 Å². The van der Waals surface area contributed by atoms with E-state index in [1.54, 1.807) is 23.1 Å². The van der Waals surface area contributed by atoms with Crippen LogP contribution in [-0.2, 0) is 5.75 Å². The number of hydrogen-bond acceptors (Lipinski definition) is 5. The summed E-state index contributed by atoms with van der Waals surface area (Å²) < 4.78 is 1.20. The van der Waals surface area contributed by atoms with Crippen molar-refractivity contribution in [3.05, 3.63) is 23.2 Å². The Hall–Kier alpha value is -0.700. The maximum absolute atomic E-state index is 8.49. The van der Waals surface area contributed by atoms with Gasteiger partial charge in [-0.15, -0.1) is 23.1 Å². The second-order valence-electron chi connectivity index (χ2n) is 2.79. The highest BCUT2D eigenvalue weighted by atomic mass is 32.2. The Morgan fingerprint density at radius 2 is 2.40 bits per heavy atom. The highest BCUT2D eigenvalue weighted by molar-refractivity contribution is 8.03. The maximum Gasteiger partial charge on any atom is 0.133 e. The van der Waals surface area contributed by atoms with Gasteiger partial charge in [0.2, 0.25) is 0 Å². The Bertz CT molecular complexity index is 513. The van der Waals surface area contributed by atoms with Crippen LogP contribution in [0, 0.1) is 10.7 Å². The molecule has 2 nitrogen and oxygen atoms in total. The lowest BCUT2D eigenvalue weighted by Crippen LogP contribution is -1.77. The summed E-state index contributed by atoms with van der Waals surface area (Å²) in [7, 11) is 0. The third-order valence-electron chi connectivity index (χ3n) is 1.91. The first-order chi connectivity index (χ1) is 7.35. The predicted octanol–water partition coefficient (Wildman–Crippen LogP) is 3.73. The molecule has 5 heteroatoms. The summed E-state index contributed by atoms with van der Waals surface area (Å²) in [6.07, 6.45) is 2.05. The topological polar surface area (TPSA) is 36.7 Å². The van der Waals surface area contributed by atoms with Crippen molar-refractivity contribution in [1.29, 1.82) is 5.26 Å². The van der Waals surface area contributed by atoms with E-state index in [9.17, 15) is 0 Å². The van der Waals surface area contributed by atoms with Gasteiger partial charge in [-0.05, 0) is 30.2 Å². The van der Waals surface area contributed by atoms with Crippen molar-refractivity contribution in [2.75, 3.05) is 6.26 Å². The van der Waals surface area contributed by atoms with Crippen LogP contribution in [-0.4, -0.2) is 11.2 Å². The number of nitrogens with zero attached hydrogens (tertiary/aromatic N) is 2. The van der Waals surface area contributed by atoms with Crippen LogP contribution in [0.4, 0.5) is 0 Å². The first kappa shape index (κ1) is 10.8. The number of aromatic nitrogens is 1. The van der Waals surface area contributed by atoms with E-state index in [4.69, 9.17) is 5.26 Å². The molecule has 0 fully saturated rings. The van der Waals surface area contributed by atoms with Gasteiger partial charge in [0.25, 0.3) is 0 Å². The summed E-state index contributed by atoms with van der Waals surface area (Å²) in [6.45, 7) is 0. The molecule has 2 aromatic rings. The highest BCUT2D eigenvalue weighted by Crippen LogP contribution is 2.31. The van der Waals surface area contributed by atoms with Crippen molar-refractivity contribution in [2.45, 2.75) is 10.6 Å². The molecule has 0 atom stereocenters. The van der Waals surface area contributed by atoms with E-state index < -0.39 is 0 Å². The van der Waals surface area contributed by atoms with Crippen molar-refractivity contribution in [3.63, 3.8) is 0 Å². The minimum absolute atomic E-state index is 0.684. The summed E-state index contributed by atoms with van der Waals surface area (Å²) in [5.41, 5.74) is 1.07. The number of fused-ring (bicyclic) bond motifs is 1. The molecule has 0 unspecified atom stereocenters. The summed E-state index contributed by atoms with van der Waals surface area (Å²) >= 11 is 4.61. The smallest absolute Gasteiger partial charge is 0.133 e. The van der Waals surface area contributed by atoms with Gasteiger partial charge in [-0.25, -0.2) is 4.98 Å². The van der Waals surface area contributed by atoms with Gasteiger partial charge in [-0.3, -0.25) is 0 Å². The summed E-state index contributed by atoms with van der Waals surface area (Å²) in [4.78, 5) is 5.75. The number of nitriles is 1. The first-order valence-corrected chi connectivity index (χ1v) is 7.31. The van der Waals surface area contributed by atoms with Crippen LogP contribution in [0.2, 0.25) is 0 Å². The minimum Gasteiger partial charge on any atom is -0.239 e. The van der Waals surface area contributed by atoms with Crippen LogP contribution in [0.25, 0.3) is 10.2 Å². The standard InChI is InChI=1S/C10H8N2S3/c1-13-7-3-2-4-8-10(7)12-9(15-8)5-14-6-11/h2-4H,5H2,1H3. The molecule has 1 heterocycles. The fourth-order valence-corrected chi connectivity index (χ4v) is 3.37. The molecule has 2 rings (SSSR count). The van der Waals surface area contributed by atoms with Crippen molar-refractivity contribution >= 4 is 45.1 Å². The summed E-state index contributed by atoms with van der Waals surface area (Å²) in [5.74, 6) is 0.684. The molecular formula is C10H8N2S3. The second-order valence-corrected chi connectivity index (χ2v) is 5.52. The Kier molecular flexibility index (Phi) is 3.52. The van der Waals surface area contributed by atoms with Gasteiger partial charge < -0.3 is 0 Å². The third-order valence-corrected chi connectivity index (χ3v) is 4.43. The molecule has 0 aliphatic carbocycles. The molecule has 0 aliphatic heterocycles. The van der Waals surface area contributed by atoms with Crippen molar-refractivity contribution in [1.82, 2.24) is 4.98 Å². The lowest BCUT2D eigenvalue weighted by molar-refractivity contribution is 1.29. The molecular weight excluding hydrogens is 244 g/mol. The van der Waals surface area contributed by atoms with Crippen LogP contribution in [0.5, 0.6) is 0 Å². The van der Waals surface area contributed by atoms with E-state index in [1.807, 2.05) is 6.07 Å². The predicted molar refractivity (Wildman–Crippen MR) is 68.3 cm³/mol. The Labute approximate surface area is 101 Å². The summed E-state index contributed by atoms with van der Waals surface area (Å²) in [5, 5.41) is 11.6. The van der Waals surface area contributed by atoms with Crippen molar-refractivity contribution < 1.29 is 0 Å². The highest BCUT2D eigenvalue weighted by Gasteiger charge is 2.07. The number of hydrogen-bond donors (Lipinski definition) is 0. The zero-order valence-electron chi connectivity index (χ0n) is 8.06. The van der Waals surface area contributed by atoms with Crippen LogP contribution < -0.4 is 0 Å². The third kappa shape index (κ3) is 2.28. The molecule has 0 saturated heterocycles. The Balaban J connectivity index is 2.42. The maximum atomic E-state index is 8.49. The number of benzene rings is 1. The van der Waals surface area contributed by atoms with Gasteiger partial charge in [0, 0.05) is 4.90 Å². The molecule has 0 radical (unpaired) electrons. The molecule has 1 aromatic carbocycles. The molecule has 76 valence electrons. The second kappa shape index (κ2) is 4.88. The lowest BCUT2D eigenvalue weighted by Gasteiger charge is -1.94. The fraction of sp³-hybridized carbons (Fsp3) is 0.200. The first-order valence-electron chi connectivity index (χ1n) is 4.28. The van der Waals surface area contributed by atoms with Crippen LogP contribution >= 0.6 is 34.9 Å². The molecule has 15 heavy (non-hydrogen) atoms. The van der Waals surface area contributed by atoms with E-state index in [0.717, 1.165) is 10.5 Å². The average Bonchev–Trinajstić information content (AvgIpc) is 2.68. The van der Waals surface area contributed by atoms with Crippen molar-refractivity contribution in [3.8, 4) is 5.40 Å². The van der Waals surface area contributed by atoms with E-state index >= 15 is 0 Å².